The van der Waals surface area contributed by atoms with Gasteiger partial charge in [0.15, 0.2) is 11.5 Å². The molecule has 188 valence electrons. The third-order valence-electron chi connectivity index (χ3n) is 6.54. The minimum atomic E-state index is -0.525. The molecule has 0 saturated carbocycles. The van der Waals surface area contributed by atoms with Gasteiger partial charge in [-0.05, 0) is 29.7 Å². The van der Waals surface area contributed by atoms with E-state index in [2.05, 4.69) is 20.2 Å². The first kappa shape index (κ1) is 22.7. The van der Waals surface area contributed by atoms with E-state index in [1.165, 1.54) is 11.3 Å². The number of aromatic nitrogens is 7. The second-order valence-corrected chi connectivity index (χ2v) is 11.7. The van der Waals surface area contributed by atoms with E-state index in [1.807, 2.05) is 51.1 Å². The number of benzene rings is 1. The molecule has 0 spiro atoms. The van der Waals surface area contributed by atoms with Gasteiger partial charge in [0.1, 0.15) is 16.0 Å². The van der Waals surface area contributed by atoms with Gasteiger partial charge in [-0.2, -0.15) is 0 Å². The van der Waals surface area contributed by atoms with Crippen LogP contribution in [0.15, 0.2) is 55.0 Å². The number of thiophene rings is 1. The minimum Gasteiger partial charge on any atom is -0.298 e. The number of nitrogens with zero attached hydrogens (tertiary/aromatic N) is 5. The lowest BCUT2D eigenvalue weighted by molar-refractivity contribution is 0.0867. The predicted octanol–water partition coefficient (Wildman–Crippen LogP) is 7.00. The van der Waals surface area contributed by atoms with E-state index in [9.17, 15) is 4.79 Å². The molecule has 38 heavy (non-hydrogen) atoms. The quantitative estimate of drug-likeness (QED) is 0.241. The summed E-state index contributed by atoms with van der Waals surface area (Å²) in [5.74, 6) is -0.600. The number of H-pyrrole nitrogens is 2. The summed E-state index contributed by atoms with van der Waals surface area (Å²) in [5.41, 5.74) is 3.49. The summed E-state index contributed by atoms with van der Waals surface area (Å²) >= 11 is 1.49. The van der Waals surface area contributed by atoms with E-state index in [-0.39, 0.29) is 16.8 Å². The maximum Gasteiger partial charge on any atom is 0.232 e. The number of pyridine rings is 2. The van der Waals surface area contributed by atoms with Crippen LogP contribution in [0.25, 0.3) is 64.8 Å². The number of fused-ring (bicyclic) bond motifs is 9. The zero-order chi connectivity index (χ0) is 26.2. The van der Waals surface area contributed by atoms with Crippen molar-refractivity contribution in [2.24, 2.45) is 5.41 Å². The number of halogens is 1. The molecule has 0 aliphatic carbocycles. The van der Waals surface area contributed by atoms with E-state index >= 15 is 4.39 Å². The van der Waals surface area contributed by atoms with Crippen LogP contribution in [0.3, 0.4) is 0 Å². The van der Waals surface area contributed by atoms with Gasteiger partial charge in [-0.15, -0.1) is 11.3 Å². The Morgan fingerprint density at radius 3 is 2.76 bits per heavy atom. The number of imidazole rings is 1. The average molecular weight is 524 g/mol. The van der Waals surface area contributed by atoms with Gasteiger partial charge in [-0.1, -0.05) is 32.9 Å². The Bertz CT molecular complexity index is 2090. The van der Waals surface area contributed by atoms with Crippen LogP contribution in [-0.2, 0) is 0 Å². The summed E-state index contributed by atoms with van der Waals surface area (Å²) in [6.45, 7) is 6.08. The number of aromatic amines is 2. The Kier molecular flexibility index (Phi) is 4.80. The molecule has 0 saturated heterocycles. The Hall–Kier alpha value is -4.44. The highest BCUT2D eigenvalue weighted by molar-refractivity contribution is 7.24. The maximum absolute atomic E-state index is 16.1. The largest absolute Gasteiger partial charge is 0.298 e. The first-order valence-electron chi connectivity index (χ1n) is 12.2. The first-order chi connectivity index (χ1) is 18.3. The summed E-state index contributed by atoms with van der Waals surface area (Å²) in [5, 5.41) is 7.37. The van der Waals surface area contributed by atoms with Gasteiger partial charge in [-0.25, -0.2) is 14.4 Å². The molecule has 1 aromatic carbocycles. The number of nitrogens with one attached hydrogen (secondary N) is 2. The first-order valence-corrected chi connectivity index (χ1v) is 13.0. The van der Waals surface area contributed by atoms with Crippen molar-refractivity contribution in [1.82, 2.24) is 34.7 Å². The zero-order valence-electron chi connectivity index (χ0n) is 20.8. The summed E-state index contributed by atoms with van der Waals surface area (Å²) in [4.78, 5) is 32.8. The number of para-hydroxylation sites is 1. The summed E-state index contributed by atoms with van der Waals surface area (Å²) in [7, 11) is 0. The van der Waals surface area contributed by atoms with E-state index in [0.29, 0.717) is 50.8 Å². The molecule has 8 nitrogen and oxygen atoms in total. The van der Waals surface area contributed by atoms with Gasteiger partial charge in [0.2, 0.25) is 5.91 Å². The van der Waals surface area contributed by atoms with Crippen molar-refractivity contribution in [3.63, 3.8) is 0 Å². The van der Waals surface area contributed by atoms with Gasteiger partial charge in [0.05, 0.1) is 40.0 Å². The molecule has 10 heteroatoms. The van der Waals surface area contributed by atoms with Crippen LogP contribution in [0.5, 0.6) is 0 Å². The molecule has 0 fully saturated rings. The highest BCUT2D eigenvalue weighted by Crippen LogP contribution is 2.35. The topological polar surface area (TPSA) is 105 Å². The highest BCUT2D eigenvalue weighted by atomic mass is 32.1. The molecule has 0 atom stereocenters. The summed E-state index contributed by atoms with van der Waals surface area (Å²) in [6.07, 6.45) is 5.07. The van der Waals surface area contributed by atoms with Gasteiger partial charge in [-0.3, -0.25) is 29.5 Å². The molecule has 7 rings (SSSR count). The number of carbonyl (C=O) groups excluding carboxylic acids is 1. The van der Waals surface area contributed by atoms with Crippen LogP contribution in [-0.4, -0.2) is 40.6 Å². The van der Waals surface area contributed by atoms with Crippen LogP contribution in [0.1, 0.15) is 32.0 Å². The highest BCUT2D eigenvalue weighted by Gasteiger charge is 2.22. The molecular weight excluding hydrogens is 501 g/mol. The lowest BCUT2D eigenvalue weighted by Gasteiger charge is -2.18. The average Bonchev–Trinajstić information content (AvgIpc) is 3.61. The second-order valence-electron chi connectivity index (χ2n) is 10.6. The molecule has 5 aromatic rings. The fourth-order valence-corrected chi connectivity index (χ4v) is 5.95. The summed E-state index contributed by atoms with van der Waals surface area (Å²) < 4.78 is 18.8. The Labute approximate surface area is 219 Å². The van der Waals surface area contributed by atoms with Crippen LogP contribution < -0.4 is 0 Å². The molecule has 0 radical (unpaired) electrons. The molecule has 0 unspecified atom stereocenters. The number of carbonyl (C=O) groups is 1. The smallest absolute Gasteiger partial charge is 0.232 e. The minimum absolute atomic E-state index is 0.0748. The number of rotatable bonds is 1. The third kappa shape index (κ3) is 3.52. The number of hydrogen-bond donors (Lipinski definition) is 2. The normalized spacial score (nSPS) is 12.4. The zero-order valence-corrected chi connectivity index (χ0v) is 21.7. The maximum atomic E-state index is 16.1. The predicted molar refractivity (Wildman–Crippen MR) is 149 cm³/mol. The van der Waals surface area contributed by atoms with Gasteiger partial charge >= 0.3 is 0 Å². The van der Waals surface area contributed by atoms with Crippen molar-refractivity contribution >= 4 is 70.8 Å². The van der Waals surface area contributed by atoms with E-state index in [0.717, 1.165) is 14.9 Å². The van der Waals surface area contributed by atoms with E-state index in [1.54, 1.807) is 29.2 Å². The number of hydrogen-bond acceptors (Lipinski definition) is 6. The molecular formula is C28H22FN7OS. The molecule has 4 aromatic heterocycles. The van der Waals surface area contributed by atoms with Gasteiger partial charge in [0.25, 0.3) is 0 Å². The van der Waals surface area contributed by atoms with E-state index < -0.39 is 5.82 Å². The Morgan fingerprint density at radius 1 is 1.05 bits per heavy atom. The molecule has 2 aliphatic rings. The van der Waals surface area contributed by atoms with Crippen molar-refractivity contribution in [2.45, 2.75) is 27.2 Å². The molecule has 2 aliphatic heterocycles. The molecule has 8 bridgehead atoms. The van der Waals surface area contributed by atoms with Gasteiger partial charge < -0.3 is 0 Å². The van der Waals surface area contributed by atoms with Crippen molar-refractivity contribution < 1.29 is 9.18 Å². The SMILES string of the molecule is CC(C)(C)CC(=O)n1c2cncc(c2)c2ncc3[nH][nH]c(c4nc5cccc(c6ccc1s6)c5n4)-c3c2F. The second kappa shape index (κ2) is 8.03. The van der Waals surface area contributed by atoms with Crippen molar-refractivity contribution in [3.8, 4) is 11.3 Å². The molecule has 0 amide bonds. The fourth-order valence-electron chi connectivity index (χ4n) is 4.88. The van der Waals surface area contributed by atoms with Crippen LogP contribution >= 0.6 is 11.3 Å². The summed E-state index contributed by atoms with van der Waals surface area (Å²) in [6, 6.07) is 11.5. The lowest BCUT2D eigenvalue weighted by Crippen LogP contribution is -2.19. The Morgan fingerprint density at radius 2 is 1.92 bits per heavy atom. The van der Waals surface area contributed by atoms with Crippen molar-refractivity contribution in [3.05, 3.63) is 60.8 Å². The monoisotopic (exact) mass is 523 g/mol. The lowest BCUT2D eigenvalue weighted by atomic mass is 9.92. The standard InChI is InChI=1S/C28H22FN7OS/c1-28(2,3)10-20(37)36-15-9-14(11-30-12-15)24-23(29)22-18(13-31-24)34-35-26(22)27-32-17-6-4-5-16(25(17)33-27)19-7-8-21(36)38-19/h4-9,11-13,34-35H,10H2,1-3H3. The fraction of sp³-hybridized carbons (Fsp3) is 0.179. The van der Waals surface area contributed by atoms with Crippen LogP contribution in [0, 0.1) is 11.2 Å². The van der Waals surface area contributed by atoms with Gasteiger partial charge in [0, 0.05) is 28.1 Å². The van der Waals surface area contributed by atoms with Crippen molar-refractivity contribution in [1.29, 1.82) is 0 Å². The van der Waals surface area contributed by atoms with Crippen LogP contribution in [0.4, 0.5) is 4.39 Å². The Balaban J connectivity index is 1.71. The van der Waals surface area contributed by atoms with Crippen molar-refractivity contribution in [2.75, 3.05) is 0 Å². The molecule has 6 heterocycles. The molecule has 2 N–H and O–H groups in total. The third-order valence-corrected chi connectivity index (χ3v) is 7.64. The van der Waals surface area contributed by atoms with E-state index in [4.69, 9.17) is 9.97 Å². The van der Waals surface area contributed by atoms with Crippen LogP contribution in [0.2, 0.25) is 0 Å².